The van der Waals surface area contributed by atoms with Gasteiger partial charge in [0, 0.05) is 105 Å². The summed E-state index contributed by atoms with van der Waals surface area (Å²) in [5, 5.41) is 20.4. The summed E-state index contributed by atoms with van der Waals surface area (Å²) in [5.74, 6) is 0.380. The number of amidine groups is 1. The van der Waals surface area contributed by atoms with Crippen LogP contribution < -0.4 is 15.5 Å². The van der Waals surface area contributed by atoms with E-state index in [2.05, 4.69) is 15.7 Å². The maximum Gasteiger partial charge on any atom is 0.264 e. The van der Waals surface area contributed by atoms with Crippen molar-refractivity contribution in [3.63, 3.8) is 0 Å². The van der Waals surface area contributed by atoms with E-state index in [1.165, 1.54) is 32.1 Å². The molecule has 2 heterocycles. The van der Waals surface area contributed by atoms with Gasteiger partial charge in [0.1, 0.15) is 5.84 Å². The van der Waals surface area contributed by atoms with Crippen LogP contribution in [0.25, 0.3) is 11.1 Å². The van der Waals surface area contributed by atoms with Crippen LogP contribution >= 0.6 is 0 Å². The maximum absolute atomic E-state index is 14.1. The van der Waals surface area contributed by atoms with E-state index >= 15 is 0 Å². The first kappa shape index (κ1) is 27.9. The van der Waals surface area contributed by atoms with Gasteiger partial charge in [0.2, 0.25) is 0 Å². The Morgan fingerprint density at radius 2 is 2.03 bits per heavy atom. The summed E-state index contributed by atoms with van der Waals surface area (Å²) in [7, 11) is 1.78. The number of hydrogen-bond donors (Lipinski definition) is 3. The molecule has 35 heavy (non-hydrogen) atoms. The Bertz CT molecular complexity index is 1060. The number of hydrogen-bond acceptors (Lipinski definition) is 4. The largest absolute Gasteiger partial charge is 0.385 e. The van der Waals surface area contributed by atoms with Crippen molar-refractivity contribution >= 4 is 11.5 Å². The predicted molar refractivity (Wildman–Crippen MR) is 134 cm³/mol. The van der Waals surface area contributed by atoms with Gasteiger partial charge >= 0.3 is 0 Å². The number of likely N-dealkylation sites (N-methyl/N-ethyl adjacent to an activating group) is 1. The van der Waals surface area contributed by atoms with Crippen LogP contribution in [0.5, 0.6) is 0 Å². The zero-order chi connectivity index (χ0) is 24.2. The van der Waals surface area contributed by atoms with Crippen LogP contribution in [-0.4, -0.2) is 41.3 Å². The van der Waals surface area contributed by atoms with Gasteiger partial charge in [-0.15, -0.1) is 0 Å². The number of aromatic nitrogens is 2. The molecule has 1 saturated carbocycles. The summed E-state index contributed by atoms with van der Waals surface area (Å²) in [5.41, 5.74) is 4.72. The molecule has 188 valence electrons. The normalized spacial score (nSPS) is 16.9. The van der Waals surface area contributed by atoms with E-state index in [9.17, 15) is 8.78 Å². The van der Waals surface area contributed by atoms with Crippen molar-refractivity contribution in [2.75, 3.05) is 24.5 Å². The SMILES string of the molecule is CCN(C(=N)C1=C(NC2CCCCC2)CCNC1)c1cc(C(F)F)c(-c2cnn(C)c2)cc1C.[U]. The Morgan fingerprint density at radius 1 is 1.29 bits per heavy atom. The molecule has 1 aromatic heterocycles. The Labute approximate surface area is 230 Å². The second-order valence-corrected chi connectivity index (χ2v) is 9.39. The summed E-state index contributed by atoms with van der Waals surface area (Å²) in [6.45, 7) is 5.91. The van der Waals surface area contributed by atoms with Crippen molar-refractivity contribution in [2.45, 2.75) is 64.8 Å². The van der Waals surface area contributed by atoms with Gasteiger partial charge in [0.05, 0.1) is 6.20 Å². The molecule has 2 aromatic rings. The standard InChI is InChI=1S/C26H36F2N6.U/c1-4-34(26(29)22-15-30-11-10-23(22)32-19-8-6-5-7-9-19)24-13-21(25(27)28)20(12-17(24)2)18-14-31-33(3)16-18;/h12-14,16,19,25,29-30,32H,4-11,15H2,1-3H3;. The average molecular weight is 709 g/mol. The van der Waals surface area contributed by atoms with Gasteiger partial charge in [0.15, 0.2) is 0 Å². The molecule has 1 aliphatic carbocycles. The number of halogens is 2. The molecule has 6 nitrogen and oxygen atoms in total. The third kappa shape index (κ3) is 6.36. The molecule has 0 atom stereocenters. The Kier molecular flexibility index (Phi) is 9.97. The fraction of sp³-hybridized carbons (Fsp3) is 0.538. The molecule has 2 aliphatic rings. The van der Waals surface area contributed by atoms with Gasteiger partial charge in [-0.1, -0.05) is 19.3 Å². The number of anilines is 1. The molecular weight excluding hydrogens is 672 g/mol. The predicted octanol–water partition coefficient (Wildman–Crippen LogP) is 5.31. The van der Waals surface area contributed by atoms with E-state index in [-0.39, 0.29) is 36.7 Å². The van der Waals surface area contributed by atoms with Crippen LogP contribution in [0.2, 0.25) is 0 Å². The first-order chi connectivity index (χ1) is 16.4. The van der Waals surface area contributed by atoms with Crippen molar-refractivity contribution in [3.8, 4) is 11.1 Å². The summed E-state index contributed by atoms with van der Waals surface area (Å²) >= 11 is 0. The van der Waals surface area contributed by atoms with Gasteiger partial charge in [-0.05, 0) is 49.9 Å². The summed E-state index contributed by atoms with van der Waals surface area (Å²) < 4.78 is 29.9. The van der Waals surface area contributed by atoms with Crippen LogP contribution in [0.15, 0.2) is 35.8 Å². The molecule has 0 unspecified atom stereocenters. The van der Waals surface area contributed by atoms with E-state index in [0.29, 0.717) is 41.8 Å². The van der Waals surface area contributed by atoms with Crippen LogP contribution in [-0.2, 0) is 7.05 Å². The van der Waals surface area contributed by atoms with Crippen LogP contribution in [0, 0.1) is 43.4 Å². The minimum absolute atomic E-state index is 0. The first-order valence-electron chi connectivity index (χ1n) is 12.4. The monoisotopic (exact) mass is 708 g/mol. The van der Waals surface area contributed by atoms with Gasteiger partial charge < -0.3 is 15.5 Å². The van der Waals surface area contributed by atoms with Gasteiger partial charge in [-0.2, -0.15) is 5.10 Å². The number of nitrogens with one attached hydrogen (secondary N) is 3. The van der Waals surface area contributed by atoms with E-state index in [4.69, 9.17) is 5.41 Å². The van der Waals surface area contributed by atoms with Crippen LogP contribution in [0.1, 0.15) is 63.0 Å². The van der Waals surface area contributed by atoms with E-state index in [1.807, 2.05) is 18.7 Å². The molecule has 1 aliphatic heterocycles. The molecule has 0 radical (unpaired) electrons. The zero-order valence-corrected chi connectivity index (χ0v) is 25.1. The quantitative estimate of drug-likeness (QED) is 0.270. The van der Waals surface area contributed by atoms with Gasteiger partial charge in [0.25, 0.3) is 6.43 Å². The topological polar surface area (TPSA) is 69.0 Å². The van der Waals surface area contributed by atoms with Crippen molar-refractivity contribution < 1.29 is 39.9 Å². The van der Waals surface area contributed by atoms with E-state index < -0.39 is 6.43 Å². The smallest absolute Gasteiger partial charge is 0.264 e. The number of nitrogens with zero attached hydrogens (tertiary/aromatic N) is 3. The maximum atomic E-state index is 14.1. The fourth-order valence-electron chi connectivity index (χ4n) is 5.17. The molecule has 0 saturated heterocycles. The van der Waals surface area contributed by atoms with E-state index in [1.54, 1.807) is 36.3 Å². The Hall–Kier alpha value is -1.69. The van der Waals surface area contributed by atoms with Crippen molar-refractivity contribution in [2.24, 2.45) is 7.05 Å². The molecule has 0 bridgehead atoms. The fourth-order valence-corrected chi connectivity index (χ4v) is 5.17. The summed E-state index contributed by atoms with van der Waals surface area (Å²) in [6.07, 6.45) is 7.72. The van der Waals surface area contributed by atoms with E-state index in [0.717, 1.165) is 29.8 Å². The average Bonchev–Trinajstić information content (AvgIpc) is 3.27. The number of benzene rings is 1. The first-order valence-corrected chi connectivity index (χ1v) is 12.4. The Balaban J connectivity index is 0.00000342. The molecule has 9 heteroatoms. The second kappa shape index (κ2) is 12.5. The molecular formula is C26H36F2N6U. The van der Waals surface area contributed by atoms with Crippen molar-refractivity contribution in [3.05, 3.63) is 46.9 Å². The number of alkyl halides is 2. The Morgan fingerprint density at radius 3 is 2.66 bits per heavy atom. The third-order valence-corrected chi connectivity index (χ3v) is 6.98. The second-order valence-electron chi connectivity index (χ2n) is 9.39. The van der Waals surface area contributed by atoms with Gasteiger partial charge in [-0.3, -0.25) is 10.1 Å². The third-order valence-electron chi connectivity index (χ3n) is 6.98. The molecule has 3 N–H and O–H groups in total. The summed E-state index contributed by atoms with van der Waals surface area (Å²) in [4.78, 5) is 1.86. The molecule has 1 aromatic carbocycles. The number of rotatable bonds is 7. The minimum Gasteiger partial charge on any atom is -0.385 e. The minimum atomic E-state index is -2.62. The number of aryl methyl sites for hydroxylation is 2. The van der Waals surface area contributed by atoms with Crippen molar-refractivity contribution in [1.29, 1.82) is 5.41 Å². The van der Waals surface area contributed by atoms with Crippen molar-refractivity contribution in [1.82, 2.24) is 20.4 Å². The molecule has 0 spiro atoms. The summed E-state index contributed by atoms with van der Waals surface area (Å²) in [6, 6.07) is 3.83. The molecule has 1 fully saturated rings. The molecule has 4 rings (SSSR count). The molecule has 0 amide bonds. The zero-order valence-electron chi connectivity index (χ0n) is 20.9. The van der Waals surface area contributed by atoms with Crippen LogP contribution in [0.4, 0.5) is 14.5 Å². The van der Waals surface area contributed by atoms with Crippen LogP contribution in [0.3, 0.4) is 0 Å². The van der Waals surface area contributed by atoms with Gasteiger partial charge in [-0.25, -0.2) is 8.78 Å².